The highest BCUT2D eigenvalue weighted by Crippen LogP contribution is 2.33. The van der Waals surface area contributed by atoms with Crippen molar-refractivity contribution < 1.29 is 9.84 Å². The van der Waals surface area contributed by atoms with Crippen molar-refractivity contribution in [1.82, 2.24) is 14.9 Å². The molecule has 2 heterocycles. The molecule has 1 fully saturated rings. The Morgan fingerprint density at radius 3 is 2.36 bits per heavy atom. The first-order valence-electron chi connectivity index (χ1n) is 12.4. The highest BCUT2D eigenvalue weighted by atomic mass is 16.5. The van der Waals surface area contributed by atoms with Crippen molar-refractivity contribution in [3.05, 3.63) is 64.7 Å². The zero-order valence-electron chi connectivity index (χ0n) is 21.6. The molecule has 0 aliphatic carbocycles. The van der Waals surface area contributed by atoms with E-state index < -0.39 is 0 Å². The van der Waals surface area contributed by atoms with E-state index in [9.17, 15) is 5.11 Å². The SMILES string of the molecule is C=N/C=c1/nc(Oc2ccc(N(c3ccc(C(C)C)cc3)C3CCCN(C)C3)cc2)nc(O)/c1=C/C. The van der Waals surface area contributed by atoms with Crippen molar-refractivity contribution in [3.63, 3.8) is 0 Å². The molecule has 188 valence electrons. The molecule has 0 amide bonds. The Morgan fingerprint density at radius 1 is 1.11 bits per heavy atom. The van der Waals surface area contributed by atoms with Gasteiger partial charge in [-0.1, -0.05) is 32.1 Å². The smallest absolute Gasteiger partial charge is 0.325 e. The fourth-order valence-corrected chi connectivity index (χ4v) is 4.68. The summed E-state index contributed by atoms with van der Waals surface area (Å²) in [5.74, 6) is 0.919. The molecule has 0 spiro atoms. The molecule has 7 nitrogen and oxygen atoms in total. The van der Waals surface area contributed by atoms with Gasteiger partial charge in [0.15, 0.2) is 0 Å². The summed E-state index contributed by atoms with van der Waals surface area (Å²) in [5, 5.41) is 11.2. The molecule has 0 bridgehead atoms. The number of likely N-dealkylation sites (tertiary alicyclic amines) is 1. The molecule has 4 rings (SSSR count). The van der Waals surface area contributed by atoms with Crippen molar-refractivity contribution in [2.45, 2.75) is 45.6 Å². The molecule has 3 aromatic rings. The fraction of sp³-hybridized carbons (Fsp3) is 0.345. The molecule has 1 saturated heterocycles. The Balaban J connectivity index is 1.64. The third kappa shape index (κ3) is 5.74. The van der Waals surface area contributed by atoms with E-state index in [2.05, 4.69) is 88.8 Å². The number of rotatable bonds is 7. The molecule has 7 heteroatoms. The van der Waals surface area contributed by atoms with E-state index in [1.807, 2.05) is 12.1 Å². The number of anilines is 2. The number of aromatic hydroxyl groups is 1. The summed E-state index contributed by atoms with van der Waals surface area (Å²) in [6.45, 7) is 11.8. The topological polar surface area (TPSA) is 74.1 Å². The lowest BCUT2D eigenvalue weighted by atomic mass is 10.00. The zero-order chi connectivity index (χ0) is 25.7. The van der Waals surface area contributed by atoms with Crippen LogP contribution in [0, 0.1) is 0 Å². The summed E-state index contributed by atoms with van der Waals surface area (Å²) >= 11 is 0. The van der Waals surface area contributed by atoms with Gasteiger partial charge in [-0.15, -0.1) is 0 Å². The first kappa shape index (κ1) is 25.4. The number of benzene rings is 2. The van der Waals surface area contributed by atoms with Gasteiger partial charge in [0.05, 0.1) is 16.8 Å². The third-order valence-electron chi connectivity index (χ3n) is 6.56. The summed E-state index contributed by atoms with van der Waals surface area (Å²) < 4.78 is 5.89. The third-order valence-corrected chi connectivity index (χ3v) is 6.56. The summed E-state index contributed by atoms with van der Waals surface area (Å²) in [5.41, 5.74) is 3.62. The standard InChI is InChI=1S/C29H35N5O2/c1-6-26-27(18-30-4)31-29(32-28(26)35)36-25-15-13-23(14-16-25)34(24-8-7-17-33(5)19-24)22-11-9-21(10-12-22)20(2)3/h6,9-16,18,20,24H,4,7-8,17,19H2,1-3,5H3,(H,31,32,35)/b26-6+,27-18+. The van der Waals surface area contributed by atoms with Crippen molar-refractivity contribution in [2.75, 3.05) is 25.0 Å². The van der Waals surface area contributed by atoms with Gasteiger partial charge in [0.1, 0.15) is 5.75 Å². The molecule has 1 aliphatic rings. The predicted molar refractivity (Wildman–Crippen MR) is 147 cm³/mol. The summed E-state index contributed by atoms with van der Waals surface area (Å²) in [6, 6.07) is 17.3. The Hall–Kier alpha value is -3.71. The Bertz CT molecular complexity index is 1300. The first-order chi connectivity index (χ1) is 17.4. The maximum Gasteiger partial charge on any atom is 0.325 e. The van der Waals surface area contributed by atoms with Crippen LogP contribution in [0.4, 0.5) is 11.4 Å². The van der Waals surface area contributed by atoms with Crippen molar-refractivity contribution in [1.29, 1.82) is 0 Å². The van der Waals surface area contributed by atoms with Crippen LogP contribution >= 0.6 is 0 Å². The second kappa shape index (κ2) is 11.4. The first-order valence-corrected chi connectivity index (χ1v) is 12.4. The average molecular weight is 486 g/mol. The number of aromatic nitrogens is 2. The second-order valence-corrected chi connectivity index (χ2v) is 9.50. The van der Waals surface area contributed by atoms with Gasteiger partial charge >= 0.3 is 6.01 Å². The highest BCUT2D eigenvalue weighted by Gasteiger charge is 2.25. The maximum atomic E-state index is 10.3. The monoisotopic (exact) mass is 485 g/mol. The van der Waals surface area contributed by atoms with Gasteiger partial charge in [-0.2, -0.15) is 9.97 Å². The van der Waals surface area contributed by atoms with Crippen LogP contribution in [-0.4, -0.2) is 52.9 Å². The van der Waals surface area contributed by atoms with E-state index in [1.165, 1.54) is 23.9 Å². The van der Waals surface area contributed by atoms with Gasteiger partial charge in [-0.3, -0.25) is 4.99 Å². The minimum atomic E-state index is -0.161. The van der Waals surface area contributed by atoms with E-state index in [0.717, 1.165) is 25.2 Å². The number of aliphatic imine (C=N–C) groups is 1. The molecule has 36 heavy (non-hydrogen) atoms. The Morgan fingerprint density at radius 2 is 1.78 bits per heavy atom. The lowest BCUT2D eigenvalue weighted by Gasteiger charge is -2.39. The minimum absolute atomic E-state index is 0.0517. The van der Waals surface area contributed by atoms with Crippen LogP contribution in [-0.2, 0) is 0 Å². The zero-order valence-corrected chi connectivity index (χ0v) is 21.6. The molecule has 1 aliphatic heterocycles. The largest absolute Gasteiger partial charge is 0.493 e. The van der Waals surface area contributed by atoms with Gasteiger partial charge in [0, 0.05) is 24.0 Å². The van der Waals surface area contributed by atoms with E-state index in [1.54, 1.807) is 13.0 Å². The number of hydrogen-bond donors (Lipinski definition) is 1. The number of hydrogen-bond acceptors (Lipinski definition) is 7. The maximum absolute atomic E-state index is 10.3. The summed E-state index contributed by atoms with van der Waals surface area (Å²) in [7, 11) is 2.19. The van der Waals surface area contributed by atoms with Gasteiger partial charge in [-0.25, -0.2) is 0 Å². The molecule has 1 N–H and O–H groups in total. The van der Waals surface area contributed by atoms with E-state index in [4.69, 9.17) is 4.74 Å². The summed E-state index contributed by atoms with van der Waals surface area (Å²) in [4.78, 5) is 17.0. The lowest BCUT2D eigenvalue weighted by Crippen LogP contribution is -2.44. The number of likely N-dealkylation sites (N-methyl/N-ethyl adjacent to an activating group) is 1. The minimum Gasteiger partial charge on any atom is -0.493 e. The van der Waals surface area contributed by atoms with Crippen LogP contribution in [0.3, 0.4) is 0 Å². The van der Waals surface area contributed by atoms with Crippen molar-refractivity contribution >= 4 is 30.4 Å². The molecule has 0 radical (unpaired) electrons. The second-order valence-electron chi connectivity index (χ2n) is 9.50. The van der Waals surface area contributed by atoms with Crippen LogP contribution in [0.25, 0.3) is 12.3 Å². The molecular weight excluding hydrogens is 450 g/mol. The molecule has 1 atom stereocenters. The molecule has 0 saturated carbocycles. The van der Waals surface area contributed by atoms with Gasteiger partial charge in [0.2, 0.25) is 5.88 Å². The van der Waals surface area contributed by atoms with Crippen LogP contribution in [0.2, 0.25) is 0 Å². The Kier molecular flexibility index (Phi) is 8.00. The normalized spacial score (nSPS) is 17.4. The van der Waals surface area contributed by atoms with Crippen LogP contribution < -0.4 is 20.2 Å². The van der Waals surface area contributed by atoms with Crippen molar-refractivity contribution in [2.24, 2.45) is 4.99 Å². The fourth-order valence-electron chi connectivity index (χ4n) is 4.68. The lowest BCUT2D eigenvalue weighted by molar-refractivity contribution is 0.251. The predicted octanol–water partition coefficient (Wildman–Crippen LogP) is 4.57. The van der Waals surface area contributed by atoms with E-state index in [0.29, 0.717) is 28.3 Å². The van der Waals surface area contributed by atoms with Gasteiger partial charge in [-0.05, 0) is 88.0 Å². The van der Waals surface area contributed by atoms with Crippen LogP contribution in [0.5, 0.6) is 17.6 Å². The number of ether oxygens (including phenoxy) is 1. The molecule has 1 aromatic heterocycles. The van der Waals surface area contributed by atoms with Crippen LogP contribution in [0.1, 0.15) is 45.1 Å². The number of nitrogens with zero attached hydrogens (tertiary/aromatic N) is 5. The van der Waals surface area contributed by atoms with E-state index in [-0.39, 0.29) is 11.9 Å². The van der Waals surface area contributed by atoms with Crippen LogP contribution in [0.15, 0.2) is 53.5 Å². The molecular formula is C29H35N5O2. The highest BCUT2D eigenvalue weighted by molar-refractivity contribution is 5.65. The Labute approximate surface area is 213 Å². The van der Waals surface area contributed by atoms with Crippen molar-refractivity contribution in [3.8, 4) is 17.6 Å². The van der Waals surface area contributed by atoms with E-state index >= 15 is 0 Å². The molecule has 2 aromatic carbocycles. The quantitative estimate of drug-likeness (QED) is 0.494. The molecule has 1 unspecified atom stereocenters. The number of piperidine rings is 1. The van der Waals surface area contributed by atoms with Gasteiger partial charge < -0.3 is 19.6 Å². The summed E-state index contributed by atoms with van der Waals surface area (Å²) in [6.07, 6.45) is 5.50. The average Bonchev–Trinajstić information content (AvgIpc) is 2.86. The van der Waals surface area contributed by atoms with Gasteiger partial charge in [0.25, 0.3) is 0 Å².